The number of rotatable bonds is 6. The number of nitriles is 1. The van der Waals surface area contributed by atoms with Crippen LogP contribution >= 0.6 is 12.9 Å². The molecule has 0 N–H and O–H groups in total. The fraction of sp³-hybridized carbons (Fsp3) is 0.833. The summed E-state index contributed by atoms with van der Waals surface area (Å²) in [5, 5.41) is 8.17. The molecule has 0 amide bonds. The topological polar surface area (TPSA) is 67.2 Å². The second-order valence-corrected chi connectivity index (χ2v) is 4.42. The molecule has 0 fully saturated rings. The maximum atomic E-state index is 10.7. The standard InChI is InChI=1S/C6H11NO3S2.Na.H/c7-5-3-1-2-4-6-12(8,9)10-11;;/h11H,1-4,6H2;;/q;+1;-1. The van der Waals surface area contributed by atoms with E-state index in [1.165, 1.54) is 0 Å². The Labute approximate surface area is 108 Å². The molecular weight excluding hydrogens is 221 g/mol. The zero-order valence-electron chi connectivity index (χ0n) is 8.56. The number of thiol groups is 1. The van der Waals surface area contributed by atoms with Gasteiger partial charge in [-0.15, -0.1) is 0 Å². The van der Waals surface area contributed by atoms with Crippen molar-refractivity contribution >= 4 is 23.0 Å². The van der Waals surface area contributed by atoms with Gasteiger partial charge in [0.05, 0.1) is 11.8 Å². The summed E-state index contributed by atoms with van der Waals surface area (Å²) in [5.41, 5.74) is 0. The van der Waals surface area contributed by atoms with Crippen LogP contribution in [0.25, 0.3) is 0 Å². The van der Waals surface area contributed by atoms with E-state index in [1.807, 2.05) is 6.07 Å². The van der Waals surface area contributed by atoms with Gasteiger partial charge in [0, 0.05) is 6.42 Å². The second-order valence-electron chi connectivity index (χ2n) is 2.31. The normalized spacial score (nSPS) is 10.2. The molecular formula is C6H12NNaO3S2. The minimum absolute atomic E-state index is 0. The van der Waals surface area contributed by atoms with Crippen molar-refractivity contribution in [2.24, 2.45) is 0 Å². The van der Waals surface area contributed by atoms with Gasteiger partial charge in [-0.1, -0.05) is 6.42 Å². The Kier molecular flexibility index (Phi) is 11.6. The SMILES string of the molecule is N#CCCCCCS(=O)(=O)OS.[H-].[Na+]. The van der Waals surface area contributed by atoms with Gasteiger partial charge < -0.3 is 1.43 Å². The summed E-state index contributed by atoms with van der Waals surface area (Å²) in [4.78, 5) is 0. The molecule has 7 heteroatoms. The van der Waals surface area contributed by atoms with E-state index in [0.29, 0.717) is 12.8 Å². The van der Waals surface area contributed by atoms with Crippen molar-refractivity contribution in [2.45, 2.75) is 25.7 Å². The quantitative estimate of drug-likeness (QED) is 0.259. The van der Waals surface area contributed by atoms with Crippen molar-refractivity contribution in [1.82, 2.24) is 0 Å². The molecule has 13 heavy (non-hydrogen) atoms. The molecule has 0 aromatic carbocycles. The van der Waals surface area contributed by atoms with Crippen LogP contribution in [-0.4, -0.2) is 14.2 Å². The fourth-order valence-corrected chi connectivity index (χ4v) is 1.55. The summed E-state index contributed by atoms with van der Waals surface area (Å²) in [5.74, 6) is -0.0259. The average molecular weight is 233 g/mol. The first-order valence-corrected chi connectivity index (χ1v) is 5.49. The Balaban J connectivity index is -0.000000605. The Morgan fingerprint density at radius 1 is 1.38 bits per heavy atom. The van der Waals surface area contributed by atoms with Crippen molar-refractivity contribution in [2.75, 3.05) is 5.75 Å². The van der Waals surface area contributed by atoms with Gasteiger partial charge in [-0.05, 0) is 25.8 Å². The van der Waals surface area contributed by atoms with Gasteiger partial charge in [-0.3, -0.25) is 0 Å². The minimum atomic E-state index is -3.43. The first-order chi connectivity index (χ1) is 5.62. The van der Waals surface area contributed by atoms with E-state index in [-0.39, 0.29) is 36.7 Å². The van der Waals surface area contributed by atoms with Crippen LogP contribution in [0.5, 0.6) is 0 Å². The summed E-state index contributed by atoms with van der Waals surface area (Å²) >= 11 is 3.20. The maximum Gasteiger partial charge on any atom is 1.00 e. The molecule has 4 nitrogen and oxygen atoms in total. The van der Waals surface area contributed by atoms with Crippen LogP contribution in [0.15, 0.2) is 0 Å². The van der Waals surface area contributed by atoms with Crippen LogP contribution in [0.3, 0.4) is 0 Å². The van der Waals surface area contributed by atoms with Crippen molar-refractivity contribution in [3.63, 3.8) is 0 Å². The summed E-state index contributed by atoms with van der Waals surface area (Å²) < 4.78 is 25.3. The van der Waals surface area contributed by atoms with Crippen molar-refractivity contribution in [1.29, 1.82) is 5.26 Å². The van der Waals surface area contributed by atoms with Gasteiger partial charge >= 0.3 is 29.6 Å². The van der Waals surface area contributed by atoms with E-state index in [2.05, 4.69) is 16.5 Å². The van der Waals surface area contributed by atoms with Crippen LogP contribution in [0.4, 0.5) is 0 Å². The van der Waals surface area contributed by atoms with Crippen LogP contribution in [-0.2, 0) is 13.7 Å². The van der Waals surface area contributed by atoms with Crippen LogP contribution in [0, 0.1) is 11.3 Å². The van der Waals surface area contributed by atoms with E-state index < -0.39 is 10.1 Å². The number of unbranched alkanes of at least 4 members (excludes halogenated alkanes) is 3. The molecule has 0 aliphatic heterocycles. The first kappa shape index (κ1) is 16.2. The molecule has 0 heterocycles. The molecule has 0 aromatic rings. The molecule has 0 bridgehead atoms. The van der Waals surface area contributed by atoms with Gasteiger partial charge in [0.25, 0.3) is 10.1 Å². The Bertz CT molecular complexity index is 252. The van der Waals surface area contributed by atoms with Crippen molar-refractivity contribution < 1.29 is 43.0 Å². The predicted octanol–water partition coefficient (Wildman–Crippen LogP) is -1.62. The van der Waals surface area contributed by atoms with Crippen LogP contribution in [0.1, 0.15) is 27.1 Å². The largest absolute Gasteiger partial charge is 1.00 e. The van der Waals surface area contributed by atoms with E-state index in [0.717, 1.165) is 12.8 Å². The fourth-order valence-electron chi connectivity index (χ4n) is 0.697. The molecule has 0 aliphatic carbocycles. The van der Waals surface area contributed by atoms with Crippen LogP contribution in [0.2, 0.25) is 0 Å². The summed E-state index contributed by atoms with van der Waals surface area (Å²) in [6.45, 7) is 0. The molecule has 0 saturated heterocycles. The third-order valence-corrected chi connectivity index (χ3v) is 2.99. The summed E-state index contributed by atoms with van der Waals surface area (Å²) in [6.07, 6.45) is 2.45. The summed E-state index contributed by atoms with van der Waals surface area (Å²) in [7, 11) is -3.43. The number of hydrogen-bond acceptors (Lipinski definition) is 5. The molecule has 0 saturated carbocycles. The van der Waals surface area contributed by atoms with Gasteiger partial charge in [0.2, 0.25) is 0 Å². The van der Waals surface area contributed by atoms with Crippen molar-refractivity contribution in [3.8, 4) is 6.07 Å². The molecule has 72 valence electrons. The zero-order chi connectivity index (χ0) is 9.45. The molecule has 0 rings (SSSR count). The molecule has 0 radical (unpaired) electrons. The molecule has 0 aliphatic rings. The van der Waals surface area contributed by atoms with Gasteiger partial charge in [0.1, 0.15) is 0 Å². The van der Waals surface area contributed by atoms with Gasteiger partial charge in [-0.25, -0.2) is 3.63 Å². The average Bonchev–Trinajstić information content (AvgIpc) is 2.04. The second kappa shape index (κ2) is 9.31. The van der Waals surface area contributed by atoms with Crippen LogP contribution < -0.4 is 29.6 Å². The van der Waals surface area contributed by atoms with Gasteiger partial charge in [-0.2, -0.15) is 13.7 Å². The minimum Gasteiger partial charge on any atom is -1.00 e. The first-order valence-electron chi connectivity index (χ1n) is 3.55. The number of hydrogen-bond donors (Lipinski definition) is 1. The Hall–Kier alpha value is 0.750. The third kappa shape index (κ3) is 10.7. The number of nitrogens with zero attached hydrogens (tertiary/aromatic N) is 1. The van der Waals surface area contributed by atoms with E-state index in [9.17, 15) is 8.42 Å². The molecule has 0 atom stereocenters. The smallest absolute Gasteiger partial charge is 1.00 e. The molecule has 0 spiro atoms. The van der Waals surface area contributed by atoms with Crippen molar-refractivity contribution in [3.05, 3.63) is 0 Å². The monoisotopic (exact) mass is 233 g/mol. The van der Waals surface area contributed by atoms with E-state index in [4.69, 9.17) is 5.26 Å². The Morgan fingerprint density at radius 2 is 2.00 bits per heavy atom. The van der Waals surface area contributed by atoms with Gasteiger partial charge in [0.15, 0.2) is 0 Å². The van der Waals surface area contributed by atoms with E-state index >= 15 is 0 Å². The summed E-state index contributed by atoms with van der Waals surface area (Å²) in [6, 6.07) is 1.98. The molecule has 0 unspecified atom stereocenters. The molecule has 0 aromatic heterocycles. The predicted molar refractivity (Wildman–Crippen MR) is 49.1 cm³/mol. The zero-order valence-corrected chi connectivity index (χ0v) is 11.3. The maximum absolute atomic E-state index is 10.7. The Morgan fingerprint density at radius 3 is 2.46 bits per heavy atom. The third-order valence-electron chi connectivity index (χ3n) is 1.30. The van der Waals surface area contributed by atoms with E-state index in [1.54, 1.807) is 0 Å².